The van der Waals surface area contributed by atoms with Gasteiger partial charge in [-0.3, -0.25) is 0 Å². The van der Waals surface area contributed by atoms with Crippen molar-refractivity contribution < 1.29 is 18.3 Å². The van der Waals surface area contributed by atoms with Gasteiger partial charge < -0.3 is 14.8 Å². The minimum Gasteiger partial charge on any atom is -0.493 e. The number of benzene rings is 1. The van der Waals surface area contributed by atoms with E-state index in [9.17, 15) is 8.78 Å². The van der Waals surface area contributed by atoms with Crippen molar-refractivity contribution in [3.63, 3.8) is 0 Å². The second-order valence-corrected chi connectivity index (χ2v) is 3.49. The molecule has 1 rings (SSSR count). The van der Waals surface area contributed by atoms with Crippen LogP contribution < -0.4 is 10.1 Å². The van der Waals surface area contributed by atoms with E-state index in [4.69, 9.17) is 9.47 Å². The van der Waals surface area contributed by atoms with E-state index in [-0.39, 0.29) is 0 Å². The number of nitrogens with one attached hydrogen (secondary N) is 1. The van der Waals surface area contributed by atoms with Gasteiger partial charge in [0.25, 0.3) is 0 Å². The highest BCUT2D eigenvalue weighted by molar-refractivity contribution is 5.23. The van der Waals surface area contributed by atoms with E-state index in [1.54, 1.807) is 0 Å². The van der Waals surface area contributed by atoms with E-state index in [2.05, 4.69) is 5.32 Å². The second-order valence-electron chi connectivity index (χ2n) is 3.49. The fourth-order valence-corrected chi connectivity index (χ4v) is 1.19. The van der Waals surface area contributed by atoms with Crippen LogP contribution in [0.4, 0.5) is 8.78 Å². The molecule has 3 nitrogen and oxygen atoms in total. The molecule has 1 aromatic rings. The van der Waals surface area contributed by atoms with Crippen molar-refractivity contribution in [2.24, 2.45) is 0 Å². The van der Waals surface area contributed by atoms with E-state index in [0.29, 0.717) is 32.0 Å². The molecule has 5 heteroatoms. The van der Waals surface area contributed by atoms with Gasteiger partial charge in [0.05, 0.1) is 13.2 Å². The zero-order valence-corrected chi connectivity index (χ0v) is 9.84. The quantitative estimate of drug-likeness (QED) is 0.710. The highest BCUT2D eigenvalue weighted by Crippen LogP contribution is 2.15. The lowest BCUT2D eigenvalue weighted by Gasteiger charge is -2.07. The first kappa shape index (κ1) is 13.9. The summed E-state index contributed by atoms with van der Waals surface area (Å²) in [6.07, 6.45) is 0.711. The minimum atomic E-state index is -0.896. The number of hydrogen-bond acceptors (Lipinski definition) is 3. The molecular formula is C12H17F2NO2. The van der Waals surface area contributed by atoms with E-state index in [1.165, 1.54) is 6.07 Å². The van der Waals surface area contributed by atoms with Crippen molar-refractivity contribution in [1.82, 2.24) is 5.32 Å². The first-order valence-corrected chi connectivity index (χ1v) is 5.54. The van der Waals surface area contributed by atoms with Crippen LogP contribution in [0.25, 0.3) is 0 Å². The molecule has 0 heterocycles. The van der Waals surface area contributed by atoms with Crippen molar-refractivity contribution in [3.05, 3.63) is 29.8 Å². The first-order chi connectivity index (χ1) is 8.24. The Balaban J connectivity index is 2.11. The molecule has 0 bridgehead atoms. The fraction of sp³-hybridized carbons (Fsp3) is 0.500. The van der Waals surface area contributed by atoms with Gasteiger partial charge in [0.2, 0.25) is 0 Å². The van der Waals surface area contributed by atoms with Crippen LogP contribution in [0.3, 0.4) is 0 Å². The Kier molecular flexibility index (Phi) is 6.50. The van der Waals surface area contributed by atoms with Crippen LogP contribution in [0.1, 0.15) is 6.42 Å². The summed E-state index contributed by atoms with van der Waals surface area (Å²) in [6, 6.07) is 3.49. The van der Waals surface area contributed by atoms with E-state index >= 15 is 0 Å². The summed E-state index contributed by atoms with van der Waals surface area (Å²) in [6.45, 7) is 2.47. The molecule has 17 heavy (non-hydrogen) atoms. The van der Waals surface area contributed by atoms with Gasteiger partial charge in [-0.25, -0.2) is 8.78 Å². The Hall–Kier alpha value is -1.20. The summed E-state index contributed by atoms with van der Waals surface area (Å²) in [5.41, 5.74) is 0. The molecule has 0 aliphatic heterocycles. The number of halogens is 2. The van der Waals surface area contributed by atoms with Crippen molar-refractivity contribution in [2.75, 3.05) is 33.4 Å². The van der Waals surface area contributed by atoms with E-state index in [0.717, 1.165) is 18.7 Å². The van der Waals surface area contributed by atoms with Gasteiger partial charge >= 0.3 is 0 Å². The van der Waals surface area contributed by atoms with Crippen molar-refractivity contribution in [2.45, 2.75) is 6.42 Å². The number of ether oxygens (including phenoxy) is 2. The normalized spacial score (nSPS) is 10.5. The average Bonchev–Trinajstić information content (AvgIpc) is 2.32. The van der Waals surface area contributed by atoms with E-state index < -0.39 is 11.6 Å². The van der Waals surface area contributed by atoms with Gasteiger partial charge in [0.15, 0.2) is 11.6 Å². The highest BCUT2D eigenvalue weighted by atomic mass is 19.2. The molecule has 0 atom stereocenters. The predicted octanol–water partition coefficient (Wildman–Crippen LogP) is 1.97. The van der Waals surface area contributed by atoms with Crippen LogP contribution in [-0.2, 0) is 4.74 Å². The summed E-state index contributed by atoms with van der Waals surface area (Å²) in [4.78, 5) is 0. The molecule has 0 spiro atoms. The summed E-state index contributed by atoms with van der Waals surface area (Å²) < 4.78 is 35.9. The molecule has 0 unspecified atom stereocenters. The average molecular weight is 245 g/mol. The molecule has 0 fully saturated rings. The van der Waals surface area contributed by atoms with Crippen LogP contribution in [0.2, 0.25) is 0 Å². The van der Waals surface area contributed by atoms with Gasteiger partial charge in [-0.1, -0.05) is 0 Å². The summed E-state index contributed by atoms with van der Waals surface area (Å²) >= 11 is 0. The summed E-state index contributed by atoms with van der Waals surface area (Å²) in [5.74, 6) is -1.43. The molecule has 0 aromatic heterocycles. The van der Waals surface area contributed by atoms with Crippen molar-refractivity contribution in [3.8, 4) is 5.75 Å². The molecule has 0 aliphatic carbocycles. The zero-order chi connectivity index (χ0) is 12.5. The maximum atomic E-state index is 12.8. The van der Waals surface area contributed by atoms with Crippen molar-refractivity contribution >= 4 is 0 Å². The van der Waals surface area contributed by atoms with Gasteiger partial charge in [-0.15, -0.1) is 0 Å². The third-order valence-corrected chi connectivity index (χ3v) is 2.09. The fourth-order valence-electron chi connectivity index (χ4n) is 1.19. The van der Waals surface area contributed by atoms with Crippen LogP contribution in [0.15, 0.2) is 18.2 Å². The van der Waals surface area contributed by atoms with Gasteiger partial charge in [-0.2, -0.15) is 0 Å². The zero-order valence-electron chi connectivity index (χ0n) is 9.84. The molecule has 1 aromatic carbocycles. The van der Waals surface area contributed by atoms with Crippen LogP contribution in [0.5, 0.6) is 5.75 Å². The Morgan fingerprint density at radius 1 is 1.12 bits per heavy atom. The predicted molar refractivity (Wildman–Crippen MR) is 61.2 cm³/mol. The van der Waals surface area contributed by atoms with Gasteiger partial charge in [0.1, 0.15) is 5.75 Å². The lowest BCUT2D eigenvalue weighted by Crippen LogP contribution is -2.15. The molecule has 0 aliphatic rings. The standard InChI is InChI=1S/C12H17F2NO2/c1-15-5-8-16-6-2-7-17-10-3-4-11(13)12(14)9-10/h3-4,9,15H,2,5-8H2,1H3. The lowest BCUT2D eigenvalue weighted by atomic mass is 10.3. The monoisotopic (exact) mass is 245 g/mol. The maximum Gasteiger partial charge on any atom is 0.162 e. The first-order valence-electron chi connectivity index (χ1n) is 5.54. The molecule has 0 saturated carbocycles. The number of likely N-dealkylation sites (N-methyl/N-ethyl adjacent to an activating group) is 1. The largest absolute Gasteiger partial charge is 0.493 e. The van der Waals surface area contributed by atoms with Crippen molar-refractivity contribution in [1.29, 1.82) is 0 Å². The number of hydrogen-bond donors (Lipinski definition) is 1. The lowest BCUT2D eigenvalue weighted by molar-refractivity contribution is 0.122. The molecule has 0 radical (unpaired) electrons. The van der Waals surface area contributed by atoms with Crippen LogP contribution >= 0.6 is 0 Å². The Morgan fingerprint density at radius 3 is 2.65 bits per heavy atom. The van der Waals surface area contributed by atoms with Crippen LogP contribution in [-0.4, -0.2) is 33.4 Å². The summed E-state index contributed by atoms with van der Waals surface area (Å²) in [5, 5.41) is 2.96. The molecule has 0 amide bonds. The molecule has 1 N–H and O–H groups in total. The summed E-state index contributed by atoms with van der Waals surface area (Å²) in [7, 11) is 1.86. The number of rotatable bonds is 8. The topological polar surface area (TPSA) is 30.5 Å². The smallest absolute Gasteiger partial charge is 0.162 e. The molecule has 96 valence electrons. The third kappa shape index (κ3) is 5.60. The van der Waals surface area contributed by atoms with Gasteiger partial charge in [0, 0.05) is 25.6 Å². The Bertz CT molecular complexity index is 334. The van der Waals surface area contributed by atoms with E-state index in [1.807, 2.05) is 7.05 Å². The minimum absolute atomic E-state index is 0.333. The SMILES string of the molecule is CNCCOCCCOc1ccc(F)c(F)c1. The maximum absolute atomic E-state index is 12.8. The third-order valence-electron chi connectivity index (χ3n) is 2.09. The Labute approximate surface area is 99.7 Å². The second kappa shape index (κ2) is 7.97. The molecular weight excluding hydrogens is 228 g/mol. The Morgan fingerprint density at radius 2 is 1.94 bits per heavy atom. The van der Waals surface area contributed by atoms with Gasteiger partial charge in [-0.05, 0) is 19.2 Å². The van der Waals surface area contributed by atoms with Crippen LogP contribution in [0, 0.1) is 11.6 Å². The molecule has 0 saturated heterocycles. The highest BCUT2D eigenvalue weighted by Gasteiger charge is 2.02.